The fourth-order valence-corrected chi connectivity index (χ4v) is 4.74. The minimum atomic E-state index is -0.0883. The summed E-state index contributed by atoms with van der Waals surface area (Å²) in [6.07, 6.45) is 5.12. The fraction of sp³-hybridized carbons (Fsp3) is 0.355. The molecule has 10 nitrogen and oxygen atoms in total. The van der Waals surface area contributed by atoms with Crippen LogP contribution in [0.15, 0.2) is 52.5 Å². The molecule has 0 bridgehead atoms. The number of hydrogen-bond donors (Lipinski definition) is 2. The molecule has 5 rings (SSSR count). The van der Waals surface area contributed by atoms with Crippen molar-refractivity contribution < 1.29 is 23.7 Å². The van der Waals surface area contributed by atoms with E-state index in [4.69, 9.17) is 18.6 Å². The molecule has 1 saturated heterocycles. The maximum absolute atomic E-state index is 11.2. The molecule has 2 aliphatic heterocycles. The van der Waals surface area contributed by atoms with Crippen molar-refractivity contribution in [2.45, 2.75) is 6.92 Å². The number of nitrogens with one attached hydrogen (secondary N) is 1. The number of rotatable bonds is 12. The molecule has 216 valence electrons. The predicted octanol–water partition coefficient (Wildman–Crippen LogP) is 4.95. The van der Waals surface area contributed by atoms with E-state index in [1.807, 2.05) is 37.3 Å². The summed E-state index contributed by atoms with van der Waals surface area (Å²) < 4.78 is 23.0. The van der Waals surface area contributed by atoms with Crippen molar-refractivity contribution in [1.82, 2.24) is 14.8 Å². The number of piperazine rings is 1. The number of hydrogen-bond acceptors (Lipinski definition) is 10. The first kappa shape index (κ1) is 28.4. The van der Waals surface area contributed by atoms with Gasteiger partial charge < -0.3 is 34.0 Å². The first-order valence-corrected chi connectivity index (χ1v) is 13.7. The van der Waals surface area contributed by atoms with Gasteiger partial charge in [-0.2, -0.15) is 0 Å². The van der Waals surface area contributed by atoms with Gasteiger partial charge in [-0.05, 0) is 55.9 Å². The van der Waals surface area contributed by atoms with Crippen molar-refractivity contribution in [2.75, 3.05) is 72.0 Å². The molecule has 2 aromatic heterocycles. The molecule has 0 saturated carbocycles. The highest BCUT2D eigenvalue weighted by Gasteiger charge is 2.24. The zero-order valence-corrected chi connectivity index (χ0v) is 23.9. The molecule has 2 aliphatic rings. The highest BCUT2D eigenvalue weighted by Crippen LogP contribution is 2.42. The molecule has 3 aromatic rings. The summed E-state index contributed by atoms with van der Waals surface area (Å²) in [5.74, 6) is 2.16. The largest absolute Gasteiger partial charge is 0.504 e. The third kappa shape index (κ3) is 6.79. The molecule has 2 N–H and O–H groups in total. The van der Waals surface area contributed by atoms with Crippen molar-refractivity contribution in [2.24, 2.45) is 4.99 Å². The van der Waals surface area contributed by atoms with Crippen LogP contribution in [0, 0.1) is 6.92 Å². The summed E-state index contributed by atoms with van der Waals surface area (Å²) in [6, 6.07) is 9.61. The van der Waals surface area contributed by atoms with Gasteiger partial charge in [0.25, 0.3) is 0 Å². The third-order valence-electron chi connectivity index (χ3n) is 7.18. The fourth-order valence-electron chi connectivity index (χ4n) is 4.74. The van der Waals surface area contributed by atoms with E-state index in [1.165, 1.54) is 0 Å². The first-order chi connectivity index (χ1) is 19.9. The molecule has 0 radical (unpaired) electrons. The molecule has 0 amide bonds. The van der Waals surface area contributed by atoms with E-state index in [0.717, 1.165) is 60.9 Å². The van der Waals surface area contributed by atoms with Gasteiger partial charge in [0.2, 0.25) is 5.88 Å². The maximum Gasteiger partial charge on any atom is 0.213 e. The molecule has 0 atom stereocenters. The zero-order chi connectivity index (χ0) is 28.8. The summed E-state index contributed by atoms with van der Waals surface area (Å²) >= 11 is 0. The van der Waals surface area contributed by atoms with E-state index < -0.39 is 0 Å². The van der Waals surface area contributed by atoms with Crippen molar-refractivity contribution in [3.05, 3.63) is 65.6 Å². The Labute approximate surface area is 240 Å². The summed E-state index contributed by atoms with van der Waals surface area (Å²) in [4.78, 5) is 13.4. The lowest BCUT2D eigenvalue weighted by Crippen LogP contribution is -2.45. The maximum atomic E-state index is 11.2. The average molecular weight is 560 g/mol. The third-order valence-corrected chi connectivity index (χ3v) is 7.18. The molecule has 10 heteroatoms. The minimum Gasteiger partial charge on any atom is -0.504 e. The van der Waals surface area contributed by atoms with E-state index in [1.54, 1.807) is 25.6 Å². The number of fused-ring (bicyclic) bond motifs is 1. The van der Waals surface area contributed by atoms with Crippen LogP contribution in [0.25, 0.3) is 17.4 Å². The Balaban J connectivity index is 1.34. The number of nitrogens with zero attached hydrogens (tertiary/aromatic N) is 4. The van der Waals surface area contributed by atoms with E-state index in [9.17, 15) is 5.11 Å². The molecule has 0 aliphatic carbocycles. The highest BCUT2D eigenvalue weighted by atomic mass is 16.5. The van der Waals surface area contributed by atoms with Crippen LogP contribution in [0.1, 0.15) is 22.5 Å². The summed E-state index contributed by atoms with van der Waals surface area (Å²) in [5.41, 5.74) is 3.72. The Bertz CT molecular complexity index is 1440. The lowest BCUT2D eigenvalue weighted by Gasteiger charge is -2.32. The zero-order valence-electron chi connectivity index (χ0n) is 23.9. The quantitative estimate of drug-likeness (QED) is 0.236. The van der Waals surface area contributed by atoms with Crippen LogP contribution in [0.3, 0.4) is 0 Å². The highest BCUT2D eigenvalue weighted by molar-refractivity contribution is 6.21. The standard InChI is InChI=1S/C31H37N5O5/c1-21-18-24(40-15-14-36-12-10-35(3)11-13-36)7-8-26(21)34-31-28(22(2)39-17-16-38-4)29(37)27(41-31)19-23-20-33-30-25(23)6-5-9-32-30/h5-9,18-20,34,37H,2,10-17H2,1,3-4H3. The number of aliphatic imine (C=N–C) groups is 1. The number of aryl methyl sites for hydroxylation is 1. The van der Waals surface area contributed by atoms with Crippen molar-refractivity contribution in [3.63, 3.8) is 0 Å². The van der Waals surface area contributed by atoms with Gasteiger partial charge in [0.1, 0.15) is 30.3 Å². The normalized spacial score (nSPS) is 16.2. The monoisotopic (exact) mass is 559 g/mol. The van der Waals surface area contributed by atoms with Crippen LogP contribution < -0.4 is 10.1 Å². The number of aromatic hydroxyl groups is 1. The molecule has 0 unspecified atom stereocenters. The van der Waals surface area contributed by atoms with Gasteiger partial charge in [0, 0.05) is 69.1 Å². The molecule has 1 fully saturated rings. The molecular formula is C31H37N5O5. The van der Waals surface area contributed by atoms with E-state index >= 15 is 0 Å². The summed E-state index contributed by atoms with van der Waals surface area (Å²) in [7, 11) is 3.75. The Hall–Kier alpha value is -4.12. The average Bonchev–Trinajstić information content (AvgIpc) is 3.51. The first-order valence-electron chi connectivity index (χ1n) is 13.7. The Kier molecular flexibility index (Phi) is 9.03. The van der Waals surface area contributed by atoms with Crippen LogP contribution in [-0.2, 0) is 9.47 Å². The predicted molar refractivity (Wildman–Crippen MR) is 161 cm³/mol. The van der Waals surface area contributed by atoms with E-state index in [0.29, 0.717) is 30.5 Å². The van der Waals surface area contributed by atoms with Gasteiger partial charge in [-0.25, -0.2) is 9.98 Å². The van der Waals surface area contributed by atoms with Crippen LogP contribution >= 0.6 is 0 Å². The lowest BCUT2D eigenvalue weighted by atomic mass is 10.1. The van der Waals surface area contributed by atoms with Crippen molar-refractivity contribution in [1.29, 1.82) is 0 Å². The molecular weight excluding hydrogens is 522 g/mol. The molecule has 1 aromatic carbocycles. The number of anilines is 2. The van der Waals surface area contributed by atoms with E-state index in [-0.39, 0.29) is 23.9 Å². The van der Waals surface area contributed by atoms with Crippen LogP contribution in [0.2, 0.25) is 0 Å². The van der Waals surface area contributed by atoms with Crippen molar-refractivity contribution >= 4 is 41.0 Å². The Morgan fingerprint density at radius 2 is 2.00 bits per heavy atom. The number of allylic oxidation sites excluding steroid dienone is 1. The smallest absolute Gasteiger partial charge is 0.213 e. The number of ether oxygens (including phenoxy) is 3. The molecule has 41 heavy (non-hydrogen) atoms. The Morgan fingerprint density at radius 3 is 2.78 bits per heavy atom. The van der Waals surface area contributed by atoms with Crippen molar-refractivity contribution in [3.8, 4) is 11.5 Å². The second kappa shape index (κ2) is 13.0. The van der Waals surface area contributed by atoms with Gasteiger partial charge in [0.15, 0.2) is 17.3 Å². The minimum absolute atomic E-state index is 0.0883. The van der Waals surface area contributed by atoms with E-state index in [2.05, 4.69) is 38.7 Å². The van der Waals surface area contributed by atoms with Crippen LogP contribution in [-0.4, -0.2) is 92.8 Å². The number of likely N-dealkylation sites (N-methyl/N-ethyl adjacent to an activating group) is 1. The number of benzene rings is 1. The Morgan fingerprint density at radius 1 is 1.17 bits per heavy atom. The second-order valence-electron chi connectivity index (χ2n) is 10.1. The van der Waals surface area contributed by atoms with Gasteiger partial charge in [0.05, 0.1) is 6.61 Å². The number of furan rings is 1. The van der Waals surface area contributed by atoms with Gasteiger partial charge in [-0.1, -0.05) is 6.58 Å². The SMILES string of the molecule is C=C(OCCOC)c1c(Nc2ccc(OCCN3CCN(C)CC3)cc2C)oc(C=C2C=Nc3ncccc32)c1O. The summed E-state index contributed by atoms with van der Waals surface area (Å²) in [5, 5.41) is 14.5. The second-order valence-corrected chi connectivity index (χ2v) is 10.1. The number of aromatic nitrogens is 1. The lowest BCUT2D eigenvalue weighted by molar-refractivity contribution is 0.133. The summed E-state index contributed by atoms with van der Waals surface area (Å²) in [6.45, 7) is 12.5. The van der Waals surface area contributed by atoms with Gasteiger partial charge in [-0.3, -0.25) is 4.90 Å². The molecule has 0 spiro atoms. The van der Waals surface area contributed by atoms with Crippen LogP contribution in [0.4, 0.5) is 17.4 Å². The number of methoxy groups -OCH3 is 1. The number of pyridine rings is 1. The topological polar surface area (TPSA) is 105 Å². The van der Waals surface area contributed by atoms with Gasteiger partial charge in [-0.15, -0.1) is 0 Å². The van der Waals surface area contributed by atoms with Crippen LogP contribution in [0.5, 0.6) is 11.5 Å². The van der Waals surface area contributed by atoms with Gasteiger partial charge >= 0.3 is 0 Å². The molecule has 4 heterocycles.